The molecular weight excluding hydrogens is 240 g/mol. The van der Waals surface area contributed by atoms with E-state index in [9.17, 15) is 4.79 Å². The summed E-state index contributed by atoms with van der Waals surface area (Å²) in [6.45, 7) is 0. The van der Waals surface area contributed by atoms with E-state index in [0.717, 1.165) is 30.6 Å². The van der Waals surface area contributed by atoms with Crippen LogP contribution < -0.4 is 4.74 Å². The van der Waals surface area contributed by atoms with Gasteiger partial charge in [-0.3, -0.25) is 4.79 Å². The van der Waals surface area contributed by atoms with E-state index in [-0.39, 0.29) is 5.92 Å². The topological polar surface area (TPSA) is 46.5 Å². The standard InChI is InChI=1S/C13H15ClO3/c1-17-10-5-4-8(12(14)7-10)2-3-9-6-11(9)13(15)16/h4-5,7,9,11H,2-3,6H2,1H3,(H,15,16). The highest BCUT2D eigenvalue weighted by Gasteiger charge is 2.42. The molecule has 1 aromatic rings. The van der Waals surface area contributed by atoms with Gasteiger partial charge >= 0.3 is 5.97 Å². The lowest BCUT2D eigenvalue weighted by Crippen LogP contribution is -2.00. The van der Waals surface area contributed by atoms with Crippen molar-refractivity contribution in [3.05, 3.63) is 28.8 Å². The molecule has 1 aliphatic carbocycles. The summed E-state index contributed by atoms with van der Waals surface area (Å²) in [7, 11) is 1.60. The van der Waals surface area contributed by atoms with E-state index < -0.39 is 5.97 Å². The molecular formula is C13H15ClO3. The van der Waals surface area contributed by atoms with Crippen molar-refractivity contribution < 1.29 is 14.6 Å². The molecule has 92 valence electrons. The number of benzene rings is 1. The lowest BCUT2D eigenvalue weighted by atomic mass is 10.1. The molecule has 0 heterocycles. The number of carboxylic acids is 1. The van der Waals surface area contributed by atoms with Crippen LogP contribution in [-0.4, -0.2) is 18.2 Å². The zero-order chi connectivity index (χ0) is 12.4. The SMILES string of the molecule is COc1ccc(CCC2CC2C(=O)O)c(Cl)c1. The van der Waals surface area contributed by atoms with E-state index in [1.807, 2.05) is 12.1 Å². The summed E-state index contributed by atoms with van der Waals surface area (Å²) in [5, 5.41) is 9.49. The van der Waals surface area contributed by atoms with Gasteiger partial charge in [-0.05, 0) is 42.9 Å². The second kappa shape index (κ2) is 4.96. The van der Waals surface area contributed by atoms with Crippen molar-refractivity contribution in [1.29, 1.82) is 0 Å². The van der Waals surface area contributed by atoms with Crippen molar-refractivity contribution in [2.75, 3.05) is 7.11 Å². The molecule has 1 N–H and O–H groups in total. The van der Waals surface area contributed by atoms with E-state index in [4.69, 9.17) is 21.4 Å². The minimum atomic E-state index is -0.671. The Kier molecular flexibility index (Phi) is 3.57. The van der Waals surface area contributed by atoms with Gasteiger partial charge in [0.1, 0.15) is 5.75 Å². The van der Waals surface area contributed by atoms with Gasteiger partial charge in [0, 0.05) is 5.02 Å². The number of carbonyl (C=O) groups is 1. The fourth-order valence-electron chi connectivity index (χ4n) is 2.07. The number of hydrogen-bond acceptors (Lipinski definition) is 2. The summed E-state index contributed by atoms with van der Waals surface area (Å²) in [5.41, 5.74) is 1.06. The fourth-order valence-corrected chi connectivity index (χ4v) is 2.33. The summed E-state index contributed by atoms with van der Waals surface area (Å²) < 4.78 is 5.07. The largest absolute Gasteiger partial charge is 0.497 e. The van der Waals surface area contributed by atoms with Crippen molar-refractivity contribution in [3.8, 4) is 5.75 Å². The molecule has 3 nitrogen and oxygen atoms in total. The molecule has 1 aliphatic rings. The molecule has 2 atom stereocenters. The Morgan fingerprint density at radius 3 is 2.88 bits per heavy atom. The number of halogens is 1. The Labute approximate surface area is 105 Å². The van der Waals surface area contributed by atoms with Crippen LogP contribution in [-0.2, 0) is 11.2 Å². The van der Waals surface area contributed by atoms with Gasteiger partial charge < -0.3 is 9.84 Å². The van der Waals surface area contributed by atoms with Crippen LogP contribution in [0.3, 0.4) is 0 Å². The van der Waals surface area contributed by atoms with E-state index in [1.165, 1.54) is 0 Å². The van der Waals surface area contributed by atoms with Gasteiger partial charge in [-0.2, -0.15) is 0 Å². The Balaban J connectivity index is 1.90. The third-order valence-corrected chi connectivity index (χ3v) is 3.64. The summed E-state index contributed by atoms with van der Waals surface area (Å²) in [4.78, 5) is 10.7. The van der Waals surface area contributed by atoms with Crippen LogP contribution in [0, 0.1) is 11.8 Å². The molecule has 0 bridgehead atoms. The first kappa shape index (κ1) is 12.2. The number of carboxylic acid groups (broad SMARTS) is 1. The molecule has 0 aliphatic heterocycles. The minimum Gasteiger partial charge on any atom is -0.497 e. The summed E-state index contributed by atoms with van der Waals surface area (Å²) in [6, 6.07) is 5.61. The molecule has 0 saturated heterocycles. The van der Waals surface area contributed by atoms with Crippen molar-refractivity contribution in [1.82, 2.24) is 0 Å². The van der Waals surface area contributed by atoms with E-state index in [2.05, 4.69) is 0 Å². The van der Waals surface area contributed by atoms with Crippen LogP contribution in [0.25, 0.3) is 0 Å². The first-order valence-electron chi connectivity index (χ1n) is 5.67. The smallest absolute Gasteiger partial charge is 0.306 e. The van der Waals surface area contributed by atoms with Gasteiger partial charge in [-0.15, -0.1) is 0 Å². The van der Waals surface area contributed by atoms with Crippen molar-refractivity contribution in [2.45, 2.75) is 19.3 Å². The predicted octanol–water partition coefficient (Wildman–Crippen LogP) is 3.00. The van der Waals surface area contributed by atoms with E-state index in [0.29, 0.717) is 10.9 Å². The Morgan fingerprint density at radius 2 is 2.35 bits per heavy atom. The van der Waals surface area contributed by atoms with Gasteiger partial charge in [-0.25, -0.2) is 0 Å². The summed E-state index contributed by atoms with van der Waals surface area (Å²) in [6.07, 6.45) is 2.53. The predicted molar refractivity (Wildman–Crippen MR) is 65.6 cm³/mol. The number of aryl methyl sites for hydroxylation is 1. The molecule has 0 spiro atoms. The average Bonchev–Trinajstić information content (AvgIpc) is 3.07. The second-order valence-electron chi connectivity index (χ2n) is 4.44. The van der Waals surface area contributed by atoms with Crippen LogP contribution in [0.5, 0.6) is 5.75 Å². The number of aliphatic carboxylic acids is 1. The van der Waals surface area contributed by atoms with Crippen LogP contribution in [0.4, 0.5) is 0 Å². The van der Waals surface area contributed by atoms with Gasteiger partial charge in [0.15, 0.2) is 0 Å². The van der Waals surface area contributed by atoms with Crippen molar-refractivity contribution in [3.63, 3.8) is 0 Å². The van der Waals surface area contributed by atoms with Gasteiger partial charge in [0.05, 0.1) is 13.0 Å². The zero-order valence-electron chi connectivity index (χ0n) is 9.65. The molecule has 0 amide bonds. The quantitative estimate of drug-likeness (QED) is 0.879. The van der Waals surface area contributed by atoms with Crippen LogP contribution in [0.15, 0.2) is 18.2 Å². The molecule has 1 aromatic carbocycles. The number of rotatable bonds is 5. The van der Waals surface area contributed by atoms with Gasteiger partial charge in [-0.1, -0.05) is 17.7 Å². The van der Waals surface area contributed by atoms with Crippen molar-refractivity contribution in [2.24, 2.45) is 11.8 Å². The molecule has 1 saturated carbocycles. The Morgan fingerprint density at radius 1 is 1.59 bits per heavy atom. The van der Waals surface area contributed by atoms with Gasteiger partial charge in [0.2, 0.25) is 0 Å². The monoisotopic (exact) mass is 254 g/mol. The maximum atomic E-state index is 10.7. The number of methoxy groups -OCH3 is 1. The minimum absolute atomic E-state index is 0.132. The highest BCUT2D eigenvalue weighted by molar-refractivity contribution is 6.31. The van der Waals surface area contributed by atoms with Crippen molar-refractivity contribution >= 4 is 17.6 Å². The second-order valence-corrected chi connectivity index (χ2v) is 4.84. The molecule has 4 heteroatoms. The highest BCUT2D eigenvalue weighted by Crippen LogP contribution is 2.42. The van der Waals surface area contributed by atoms with E-state index >= 15 is 0 Å². The number of hydrogen-bond donors (Lipinski definition) is 1. The molecule has 0 aromatic heterocycles. The number of ether oxygens (including phenoxy) is 1. The van der Waals surface area contributed by atoms with Crippen LogP contribution in [0.2, 0.25) is 5.02 Å². The average molecular weight is 255 g/mol. The van der Waals surface area contributed by atoms with Crippen LogP contribution in [0.1, 0.15) is 18.4 Å². The highest BCUT2D eigenvalue weighted by atomic mass is 35.5. The summed E-state index contributed by atoms with van der Waals surface area (Å²) in [5.74, 6) is 0.266. The maximum absolute atomic E-state index is 10.7. The lowest BCUT2D eigenvalue weighted by molar-refractivity contribution is -0.138. The third kappa shape index (κ3) is 2.91. The molecule has 17 heavy (non-hydrogen) atoms. The van der Waals surface area contributed by atoms with E-state index in [1.54, 1.807) is 13.2 Å². The summed E-state index contributed by atoms with van der Waals surface area (Å²) >= 11 is 6.11. The molecule has 0 radical (unpaired) electrons. The maximum Gasteiger partial charge on any atom is 0.306 e. The first-order valence-corrected chi connectivity index (χ1v) is 6.05. The Bertz CT molecular complexity index is 431. The Hall–Kier alpha value is -1.22. The normalized spacial score (nSPS) is 22.2. The zero-order valence-corrected chi connectivity index (χ0v) is 10.4. The first-order chi connectivity index (χ1) is 8.11. The van der Waals surface area contributed by atoms with Crippen LogP contribution >= 0.6 is 11.6 Å². The third-order valence-electron chi connectivity index (χ3n) is 3.28. The fraction of sp³-hybridized carbons (Fsp3) is 0.462. The molecule has 2 unspecified atom stereocenters. The van der Waals surface area contributed by atoms with Gasteiger partial charge in [0.25, 0.3) is 0 Å². The molecule has 1 fully saturated rings. The lowest BCUT2D eigenvalue weighted by Gasteiger charge is -2.06. The molecule has 2 rings (SSSR count).